The second-order valence-electron chi connectivity index (χ2n) is 4.94. The Hall–Kier alpha value is -1.67. The molecular formula is C16H16ClNO. The van der Waals surface area contributed by atoms with Gasteiger partial charge in [0, 0.05) is 17.8 Å². The second-order valence-corrected chi connectivity index (χ2v) is 5.35. The molecule has 0 aromatic heterocycles. The van der Waals surface area contributed by atoms with Gasteiger partial charge in [-0.25, -0.2) is 0 Å². The molecule has 0 saturated carbocycles. The van der Waals surface area contributed by atoms with Crippen molar-refractivity contribution in [2.24, 2.45) is 0 Å². The Kier molecular flexibility index (Phi) is 3.34. The Morgan fingerprint density at radius 3 is 2.84 bits per heavy atom. The number of aromatic hydroxyl groups is 1. The topological polar surface area (TPSA) is 32.3 Å². The summed E-state index contributed by atoms with van der Waals surface area (Å²) < 4.78 is 0. The Labute approximate surface area is 118 Å². The molecule has 3 rings (SSSR count). The zero-order chi connectivity index (χ0) is 13.2. The predicted octanol–water partition coefficient (Wildman–Crippen LogP) is 4.15. The SMILES string of the molecule is Oc1c(Cl)cccc1CNc1ccc2c(c1)CCC2. The van der Waals surface area contributed by atoms with Crippen molar-refractivity contribution in [1.82, 2.24) is 0 Å². The van der Waals surface area contributed by atoms with Gasteiger partial charge in [0.1, 0.15) is 5.75 Å². The van der Waals surface area contributed by atoms with Crippen molar-refractivity contribution < 1.29 is 5.11 Å². The Balaban J connectivity index is 1.74. The van der Waals surface area contributed by atoms with Crippen LogP contribution in [0.15, 0.2) is 36.4 Å². The summed E-state index contributed by atoms with van der Waals surface area (Å²) in [6.07, 6.45) is 3.63. The molecule has 0 unspecified atom stereocenters. The molecule has 2 N–H and O–H groups in total. The van der Waals surface area contributed by atoms with Crippen LogP contribution in [0.4, 0.5) is 5.69 Å². The van der Waals surface area contributed by atoms with E-state index >= 15 is 0 Å². The Morgan fingerprint density at radius 2 is 1.95 bits per heavy atom. The van der Waals surface area contributed by atoms with Gasteiger partial charge >= 0.3 is 0 Å². The first-order valence-corrected chi connectivity index (χ1v) is 6.94. The first kappa shape index (κ1) is 12.4. The summed E-state index contributed by atoms with van der Waals surface area (Å²) in [7, 11) is 0. The minimum atomic E-state index is 0.165. The summed E-state index contributed by atoms with van der Waals surface area (Å²) in [5.41, 5.74) is 4.82. The van der Waals surface area contributed by atoms with Crippen molar-refractivity contribution in [3.63, 3.8) is 0 Å². The van der Waals surface area contributed by atoms with Crippen LogP contribution in [0.25, 0.3) is 0 Å². The van der Waals surface area contributed by atoms with Gasteiger partial charge in [0.15, 0.2) is 0 Å². The number of hydrogen-bond donors (Lipinski definition) is 2. The van der Waals surface area contributed by atoms with E-state index in [0.717, 1.165) is 11.3 Å². The van der Waals surface area contributed by atoms with E-state index in [9.17, 15) is 5.11 Å². The van der Waals surface area contributed by atoms with Crippen molar-refractivity contribution in [3.8, 4) is 5.75 Å². The van der Waals surface area contributed by atoms with E-state index in [0.29, 0.717) is 11.6 Å². The number of phenolic OH excluding ortho intramolecular Hbond substituents is 1. The van der Waals surface area contributed by atoms with Gasteiger partial charge in [-0.1, -0.05) is 29.8 Å². The zero-order valence-electron chi connectivity index (χ0n) is 10.6. The van der Waals surface area contributed by atoms with Gasteiger partial charge in [0.05, 0.1) is 5.02 Å². The summed E-state index contributed by atoms with van der Waals surface area (Å²) in [6.45, 7) is 0.575. The molecule has 0 heterocycles. The smallest absolute Gasteiger partial charge is 0.139 e. The Bertz CT molecular complexity index is 610. The van der Waals surface area contributed by atoms with E-state index < -0.39 is 0 Å². The number of rotatable bonds is 3. The predicted molar refractivity (Wildman–Crippen MR) is 78.9 cm³/mol. The highest BCUT2D eigenvalue weighted by molar-refractivity contribution is 6.32. The van der Waals surface area contributed by atoms with Gasteiger partial charge in [-0.2, -0.15) is 0 Å². The van der Waals surface area contributed by atoms with Crippen molar-refractivity contribution in [3.05, 3.63) is 58.1 Å². The van der Waals surface area contributed by atoms with Gasteiger partial charge in [-0.05, 0) is 48.6 Å². The molecule has 2 nitrogen and oxygen atoms in total. The quantitative estimate of drug-likeness (QED) is 0.881. The van der Waals surface area contributed by atoms with Crippen LogP contribution in [0.3, 0.4) is 0 Å². The molecule has 3 heteroatoms. The third kappa shape index (κ3) is 2.54. The molecule has 1 aliphatic rings. The highest BCUT2D eigenvalue weighted by Gasteiger charge is 2.11. The molecule has 0 spiro atoms. The number of hydrogen-bond acceptors (Lipinski definition) is 2. The first-order valence-electron chi connectivity index (χ1n) is 6.56. The molecule has 0 atom stereocenters. The van der Waals surface area contributed by atoms with Crippen LogP contribution >= 0.6 is 11.6 Å². The third-order valence-corrected chi connectivity index (χ3v) is 3.96. The minimum absolute atomic E-state index is 0.165. The van der Waals surface area contributed by atoms with Gasteiger partial charge in [-0.3, -0.25) is 0 Å². The fourth-order valence-electron chi connectivity index (χ4n) is 2.58. The largest absolute Gasteiger partial charge is 0.506 e. The van der Waals surface area contributed by atoms with Crippen LogP contribution in [0.2, 0.25) is 5.02 Å². The van der Waals surface area contributed by atoms with E-state index in [1.807, 2.05) is 12.1 Å². The highest BCUT2D eigenvalue weighted by Crippen LogP contribution is 2.28. The van der Waals surface area contributed by atoms with E-state index in [4.69, 9.17) is 11.6 Å². The van der Waals surface area contributed by atoms with Crippen LogP contribution < -0.4 is 5.32 Å². The molecule has 19 heavy (non-hydrogen) atoms. The molecule has 1 aliphatic carbocycles. The monoisotopic (exact) mass is 273 g/mol. The molecule has 0 fully saturated rings. The van der Waals surface area contributed by atoms with Gasteiger partial charge in [0.25, 0.3) is 0 Å². The average molecular weight is 274 g/mol. The van der Waals surface area contributed by atoms with Crippen molar-refractivity contribution in [1.29, 1.82) is 0 Å². The molecule has 2 aromatic carbocycles. The van der Waals surface area contributed by atoms with Crippen LogP contribution in [0.1, 0.15) is 23.1 Å². The number of para-hydroxylation sites is 1. The van der Waals surface area contributed by atoms with Crippen LogP contribution in [0, 0.1) is 0 Å². The summed E-state index contributed by atoms with van der Waals surface area (Å²) in [5, 5.41) is 13.6. The normalized spacial score (nSPS) is 13.3. The number of phenols is 1. The molecule has 0 bridgehead atoms. The van der Waals surface area contributed by atoms with Gasteiger partial charge in [0.2, 0.25) is 0 Å². The lowest BCUT2D eigenvalue weighted by atomic mass is 10.1. The maximum absolute atomic E-state index is 9.86. The molecule has 98 valence electrons. The van der Waals surface area contributed by atoms with E-state index in [2.05, 4.69) is 23.5 Å². The molecular weight excluding hydrogens is 258 g/mol. The van der Waals surface area contributed by atoms with Crippen molar-refractivity contribution >= 4 is 17.3 Å². The maximum Gasteiger partial charge on any atom is 0.139 e. The fraction of sp³-hybridized carbons (Fsp3) is 0.250. The number of benzene rings is 2. The third-order valence-electron chi connectivity index (χ3n) is 3.65. The molecule has 0 radical (unpaired) electrons. The molecule has 0 aliphatic heterocycles. The lowest BCUT2D eigenvalue weighted by molar-refractivity contribution is 0.469. The molecule has 0 amide bonds. The van der Waals surface area contributed by atoms with E-state index in [1.165, 1.54) is 30.4 Å². The standard InChI is InChI=1S/C16H16ClNO/c17-15-6-2-5-13(16(15)19)10-18-14-8-7-11-3-1-4-12(11)9-14/h2,5-9,18-19H,1,3-4,10H2. The summed E-state index contributed by atoms with van der Waals surface area (Å²) in [4.78, 5) is 0. The van der Waals surface area contributed by atoms with Crippen molar-refractivity contribution in [2.45, 2.75) is 25.8 Å². The lowest BCUT2D eigenvalue weighted by Crippen LogP contribution is -2.00. The number of anilines is 1. The van der Waals surface area contributed by atoms with Crippen LogP contribution in [-0.4, -0.2) is 5.11 Å². The van der Waals surface area contributed by atoms with E-state index in [-0.39, 0.29) is 5.75 Å². The van der Waals surface area contributed by atoms with Gasteiger partial charge in [-0.15, -0.1) is 0 Å². The summed E-state index contributed by atoms with van der Waals surface area (Å²) in [6, 6.07) is 11.9. The number of halogens is 1. The Morgan fingerprint density at radius 1 is 1.11 bits per heavy atom. The zero-order valence-corrected chi connectivity index (χ0v) is 11.4. The van der Waals surface area contributed by atoms with Crippen LogP contribution in [-0.2, 0) is 19.4 Å². The van der Waals surface area contributed by atoms with E-state index in [1.54, 1.807) is 6.07 Å². The minimum Gasteiger partial charge on any atom is -0.506 e. The number of nitrogens with one attached hydrogen (secondary N) is 1. The molecule has 2 aromatic rings. The summed E-state index contributed by atoms with van der Waals surface area (Å²) >= 11 is 5.89. The van der Waals surface area contributed by atoms with Crippen molar-refractivity contribution in [2.75, 3.05) is 5.32 Å². The highest BCUT2D eigenvalue weighted by atomic mass is 35.5. The first-order chi connectivity index (χ1) is 9.24. The molecule has 0 saturated heterocycles. The average Bonchev–Trinajstić information content (AvgIpc) is 2.88. The van der Waals surface area contributed by atoms with Crippen LogP contribution in [0.5, 0.6) is 5.75 Å². The fourth-order valence-corrected chi connectivity index (χ4v) is 2.78. The maximum atomic E-state index is 9.86. The second kappa shape index (κ2) is 5.14. The summed E-state index contributed by atoms with van der Waals surface area (Å²) in [5.74, 6) is 0.165. The number of fused-ring (bicyclic) bond motifs is 1. The van der Waals surface area contributed by atoms with Gasteiger partial charge < -0.3 is 10.4 Å². The number of aryl methyl sites for hydroxylation is 2. The lowest BCUT2D eigenvalue weighted by Gasteiger charge is -2.10.